The Labute approximate surface area is 101 Å². The van der Waals surface area contributed by atoms with Gasteiger partial charge < -0.3 is 15.0 Å². The number of rotatable bonds is 7. The summed E-state index contributed by atoms with van der Waals surface area (Å²) in [6, 6.07) is -0.175. The van der Waals surface area contributed by atoms with Gasteiger partial charge >= 0.3 is 0 Å². The zero-order chi connectivity index (χ0) is 12.9. The predicted molar refractivity (Wildman–Crippen MR) is 62.9 cm³/mol. The van der Waals surface area contributed by atoms with Gasteiger partial charge in [0, 0.05) is 32.9 Å². The molecule has 0 amide bonds. The van der Waals surface area contributed by atoms with Crippen LogP contribution in [0.25, 0.3) is 0 Å². The number of nitrogens with zero attached hydrogens (tertiary/aromatic N) is 2. The molecule has 0 spiro atoms. The Hall–Kier alpha value is -0.960. The average Bonchev–Trinajstić information content (AvgIpc) is 2.65. The number of aryl methyl sites for hydroxylation is 1. The van der Waals surface area contributed by atoms with Crippen molar-refractivity contribution in [3.63, 3.8) is 0 Å². The molecule has 8 heteroatoms. The number of methoxy groups -OCH3 is 1. The monoisotopic (exact) mass is 262 g/mol. The van der Waals surface area contributed by atoms with Crippen molar-refractivity contribution in [2.45, 2.75) is 17.5 Å². The van der Waals surface area contributed by atoms with Gasteiger partial charge in [0.05, 0.1) is 12.9 Å². The van der Waals surface area contributed by atoms with Crippen molar-refractivity contribution in [3.05, 3.63) is 12.5 Å². The van der Waals surface area contributed by atoms with Gasteiger partial charge in [0.1, 0.15) is 0 Å². The van der Waals surface area contributed by atoms with E-state index in [9.17, 15) is 8.42 Å². The van der Waals surface area contributed by atoms with Gasteiger partial charge in [0.2, 0.25) is 0 Å². The molecule has 17 heavy (non-hydrogen) atoms. The molecule has 0 saturated carbocycles. The number of imidazole rings is 1. The lowest BCUT2D eigenvalue weighted by Gasteiger charge is -2.10. The number of aromatic nitrogens is 2. The molecule has 7 nitrogen and oxygen atoms in total. The third-order valence-corrected chi connectivity index (χ3v) is 3.49. The van der Waals surface area contributed by atoms with Crippen molar-refractivity contribution in [1.82, 2.24) is 14.3 Å². The summed E-state index contributed by atoms with van der Waals surface area (Å²) in [4.78, 5) is 3.78. The van der Waals surface area contributed by atoms with Crippen LogP contribution in [0, 0.1) is 0 Å². The van der Waals surface area contributed by atoms with E-state index in [2.05, 4.69) is 9.71 Å². The van der Waals surface area contributed by atoms with E-state index >= 15 is 0 Å². The SMILES string of the molecule is COCC(N)CCNS(=O)(=O)c1cn(C)cn1. The molecule has 0 saturated heterocycles. The van der Waals surface area contributed by atoms with Gasteiger partial charge in [0.25, 0.3) is 10.0 Å². The molecule has 0 aliphatic rings. The largest absolute Gasteiger partial charge is 0.383 e. The zero-order valence-corrected chi connectivity index (χ0v) is 10.8. The van der Waals surface area contributed by atoms with E-state index in [-0.39, 0.29) is 17.6 Å². The zero-order valence-electron chi connectivity index (χ0n) is 9.96. The second kappa shape index (κ2) is 6.10. The van der Waals surface area contributed by atoms with E-state index in [1.807, 2.05) is 0 Å². The standard InChI is InChI=1S/C9H18N4O3S/c1-13-5-9(11-7-13)17(14,15)12-4-3-8(10)6-16-2/h5,7-8,12H,3-4,6,10H2,1-2H3. The highest BCUT2D eigenvalue weighted by molar-refractivity contribution is 7.89. The van der Waals surface area contributed by atoms with Crippen LogP contribution < -0.4 is 10.5 Å². The highest BCUT2D eigenvalue weighted by atomic mass is 32.2. The Kier molecular flexibility index (Phi) is 5.06. The number of nitrogens with one attached hydrogen (secondary N) is 1. The van der Waals surface area contributed by atoms with E-state index in [1.165, 1.54) is 12.5 Å². The normalized spacial score (nSPS) is 13.8. The Balaban J connectivity index is 2.46. The molecule has 1 unspecified atom stereocenters. The maximum Gasteiger partial charge on any atom is 0.259 e. The fourth-order valence-corrected chi connectivity index (χ4v) is 2.30. The molecule has 0 aromatic carbocycles. The first-order chi connectivity index (χ1) is 7.95. The Morgan fingerprint density at radius 2 is 2.35 bits per heavy atom. The van der Waals surface area contributed by atoms with Crippen molar-refractivity contribution in [1.29, 1.82) is 0 Å². The van der Waals surface area contributed by atoms with Crippen molar-refractivity contribution < 1.29 is 13.2 Å². The van der Waals surface area contributed by atoms with Gasteiger partial charge in [0.15, 0.2) is 5.03 Å². The summed E-state index contributed by atoms with van der Waals surface area (Å²) < 4.78 is 32.3. The quantitative estimate of drug-likeness (QED) is 0.661. The van der Waals surface area contributed by atoms with Crippen LogP contribution in [0.4, 0.5) is 0 Å². The summed E-state index contributed by atoms with van der Waals surface area (Å²) in [5, 5.41) is 0.0142. The Bertz CT molecular complexity index is 443. The summed E-state index contributed by atoms with van der Waals surface area (Å²) in [5.41, 5.74) is 5.68. The van der Waals surface area contributed by atoms with Gasteiger partial charge in [-0.2, -0.15) is 0 Å². The summed E-state index contributed by atoms with van der Waals surface area (Å²) in [6.07, 6.45) is 3.39. The molecule has 0 aliphatic heterocycles. The number of sulfonamides is 1. The molecule has 1 aromatic heterocycles. The van der Waals surface area contributed by atoms with Crippen molar-refractivity contribution in [2.75, 3.05) is 20.3 Å². The van der Waals surface area contributed by atoms with E-state index in [4.69, 9.17) is 10.5 Å². The minimum atomic E-state index is -3.53. The maximum absolute atomic E-state index is 11.7. The lowest BCUT2D eigenvalue weighted by Crippen LogP contribution is -2.33. The number of hydrogen-bond donors (Lipinski definition) is 2. The molecule has 0 fully saturated rings. The van der Waals surface area contributed by atoms with Crippen LogP contribution >= 0.6 is 0 Å². The van der Waals surface area contributed by atoms with Crippen molar-refractivity contribution in [2.24, 2.45) is 12.8 Å². The molecule has 98 valence electrons. The minimum Gasteiger partial charge on any atom is -0.383 e. The predicted octanol–water partition coefficient (Wildman–Crippen LogP) is -0.938. The van der Waals surface area contributed by atoms with Crippen LogP contribution in [-0.2, 0) is 21.8 Å². The van der Waals surface area contributed by atoms with Crippen LogP contribution in [0.3, 0.4) is 0 Å². The van der Waals surface area contributed by atoms with Gasteiger partial charge in [-0.3, -0.25) is 0 Å². The van der Waals surface area contributed by atoms with Crippen LogP contribution in [0.5, 0.6) is 0 Å². The second-order valence-electron chi connectivity index (χ2n) is 3.78. The molecule has 3 N–H and O–H groups in total. The summed E-state index contributed by atoms with van der Waals surface area (Å²) >= 11 is 0. The molecule has 1 aromatic rings. The van der Waals surface area contributed by atoms with Crippen molar-refractivity contribution in [3.8, 4) is 0 Å². The molecule has 0 aliphatic carbocycles. The second-order valence-corrected chi connectivity index (χ2v) is 5.49. The van der Waals surface area contributed by atoms with E-state index in [1.54, 1.807) is 18.7 Å². The van der Waals surface area contributed by atoms with E-state index in [0.717, 1.165) is 0 Å². The molecule has 1 atom stereocenters. The molecule has 1 heterocycles. The van der Waals surface area contributed by atoms with Crippen LogP contribution in [0.2, 0.25) is 0 Å². The maximum atomic E-state index is 11.7. The minimum absolute atomic E-state index is 0.0142. The molecule has 0 bridgehead atoms. The van der Waals surface area contributed by atoms with Crippen LogP contribution in [0.15, 0.2) is 17.6 Å². The first-order valence-corrected chi connectivity index (χ1v) is 6.66. The first kappa shape index (κ1) is 14.1. The smallest absolute Gasteiger partial charge is 0.259 e. The first-order valence-electron chi connectivity index (χ1n) is 5.18. The molecular formula is C9H18N4O3S. The number of nitrogens with two attached hydrogens (primary N) is 1. The fourth-order valence-electron chi connectivity index (χ4n) is 1.28. The van der Waals surface area contributed by atoms with Crippen LogP contribution in [-0.4, -0.2) is 44.3 Å². The van der Waals surface area contributed by atoms with Gasteiger partial charge in [-0.15, -0.1) is 0 Å². The van der Waals surface area contributed by atoms with Gasteiger partial charge in [-0.25, -0.2) is 18.1 Å². The molecule has 0 radical (unpaired) electrons. The van der Waals surface area contributed by atoms with Crippen LogP contribution in [0.1, 0.15) is 6.42 Å². The van der Waals surface area contributed by atoms with Gasteiger partial charge in [-0.05, 0) is 6.42 Å². The third-order valence-electron chi connectivity index (χ3n) is 2.14. The van der Waals surface area contributed by atoms with Crippen molar-refractivity contribution >= 4 is 10.0 Å². The topological polar surface area (TPSA) is 99.2 Å². The highest BCUT2D eigenvalue weighted by Gasteiger charge is 2.16. The summed E-state index contributed by atoms with van der Waals surface area (Å²) in [6.45, 7) is 0.675. The Morgan fingerprint density at radius 3 is 2.88 bits per heavy atom. The summed E-state index contributed by atoms with van der Waals surface area (Å²) in [5.74, 6) is 0. The fraction of sp³-hybridized carbons (Fsp3) is 0.667. The van der Waals surface area contributed by atoms with E-state index in [0.29, 0.717) is 13.0 Å². The van der Waals surface area contributed by atoms with E-state index < -0.39 is 10.0 Å². The number of ether oxygens (including phenoxy) is 1. The molecular weight excluding hydrogens is 244 g/mol. The molecule has 1 rings (SSSR count). The summed E-state index contributed by atoms with van der Waals surface area (Å²) in [7, 11) is -0.266. The Morgan fingerprint density at radius 1 is 1.65 bits per heavy atom. The average molecular weight is 262 g/mol. The van der Waals surface area contributed by atoms with Gasteiger partial charge in [-0.1, -0.05) is 0 Å². The lowest BCUT2D eigenvalue weighted by atomic mass is 10.2. The number of hydrogen-bond acceptors (Lipinski definition) is 5. The third kappa shape index (κ3) is 4.43. The highest BCUT2D eigenvalue weighted by Crippen LogP contribution is 2.03. The lowest BCUT2D eigenvalue weighted by molar-refractivity contribution is 0.177.